The van der Waals surface area contributed by atoms with Crippen LogP contribution in [0.2, 0.25) is 0 Å². The molecule has 134 valence electrons. The molecule has 0 radical (unpaired) electrons. The van der Waals surface area contributed by atoms with Crippen molar-refractivity contribution in [2.24, 2.45) is 11.8 Å². The molecule has 1 aliphatic carbocycles. The highest BCUT2D eigenvalue weighted by Gasteiger charge is 2.31. The van der Waals surface area contributed by atoms with E-state index in [1.165, 1.54) is 32.1 Å². The van der Waals surface area contributed by atoms with E-state index < -0.39 is 0 Å². The first-order chi connectivity index (χ1) is 12.1. The minimum atomic E-state index is -0.249. The number of likely N-dealkylation sites (tertiary alicyclic amines) is 1. The van der Waals surface area contributed by atoms with Gasteiger partial charge in [0.15, 0.2) is 0 Å². The number of hydrogen-bond acceptors (Lipinski definition) is 3. The summed E-state index contributed by atoms with van der Waals surface area (Å²) in [7, 11) is 0. The van der Waals surface area contributed by atoms with Crippen LogP contribution in [0.3, 0.4) is 0 Å². The highest BCUT2D eigenvalue weighted by atomic mass is 79.9. The number of carbonyl (C=O) groups is 1. The summed E-state index contributed by atoms with van der Waals surface area (Å²) in [6, 6.07) is 3.58. The molecule has 6 nitrogen and oxygen atoms in total. The standard InChI is InChI=1S/C18H23BrN4O2/c19-13-7-15-16(22-18(25)21-15)8-14(13)20-17(24)10-23-6-5-11-3-1-2-4-12(11)9-23/h7-8,11-12H,1-6,9-10H2,(H,20,24)(H2,21,22,25)/t11-,12-/m1/s1. The van der Waals surface area contributed by atoms with Crippen molar-refractivity contribution in [3.05, 3.63) is 27.1 Å². The summed E-state index contributed by atoms with van der Waals surface area (Å²) in [5, 5.41) is 2.97. The van der Waals surface area contributed by atoms with Gasteiger partial charge in [0.2, 0.25) is 5.91 Å². The van der Waals surface area contributed by atoms with Crippen molar-refractivity contribution in [2.75, 3.05) is 25.0 Å². The van der Waals surface area contributed by atoms with Crippen molar-refractivity contribution < 1.29 is 4.79 Å². The minimum Gasteiger partial charge on any atom is -0.324 e. The van der Waals surface area contributed by atoms with Gasteiger partial charge in [-0.05, 0) is 59.3 Å². The van der Waals surface area contributed by atoms with Crippen LogP contribution in [-0.4, -0.2) is 40.4 Å². The molecule has 0 spiro atoms. The Hall–Kier alpha value is -1.60. The zero-order chi connectivity index (χ0) is 17.4. The van der Waals surface area contributed by atoms with Crippen LogP contribution in [0.25, 0.3) is 11.0 Å². The molecule has 1 aliphatic heterocycles. The number of anilines is 1. The maximum Gasteiger partial charge on any atom is 0.323 e. The van der Waals surface area contributed by atoms with Gasteiger partial charge in [-0.3, -0.25) is 9.69 Å². The van der Waals surface area contributed by atoms with Gasteiger partial charge >= 0.3 is 5.69 Å². The first-order valence-corrected chi connectivity index (χ1v) is 9.81. The monoisotopic (exact) mass is 406 g/mol. The summed E-state index contributed by atoms with van der Waals surface area (Å²) in [6.07, 6.45) is 6.61. The Morgan fingerprint density at radius 1 is 1.16 bits per heavy atom. The van der Waals surface area contributed by atoms with Crippen LogP contribution in [0.1, 0.15) is 32.1 Å². The van der Waals surface area contributed by atoms with Gasteiger partial charge in [-0.25, -0.2) is 4.79 Å². The Morgan fingerprint density at radius 3 is 2.68 bits per heavy atom. The number of H-pyrrole nitrogens is 2. The molecule has 1 aromatic carbocycles. The number of piperidine rings is 1. The number of imidazole rings is 1. The lowest BCUT2D eigenvalue weighted by atomic mass is 9.75. The Morgan fingerprint density at radius 2 is 1.88 bits per heavy atom. The second-order valence-electron chi connectivity index (χ2n) is 7.33. The predicted molar refractivity (Wildman–Crippen MR) is 102 cm³/mol. The SMILES string of the molecule is O=C(CN1CC[C@H]2CCCC[C@@H]2C1)Nc1cc2[nH]c(=O)[nH]c2cc1Br. The number of rotatable bonds is 3. The number of fused-ring (bicyclic) bond motifs is 2. The van der Waals surface area contributed by atoms with E-state index in [9.17, 15) is 9.59 Å². The van der Waals surface area contributed by atoms with Gasteiger partial charge in [0.1, 0.15) is 0 Å². The summed E-state index contributed by atoms with van der Waals surface area (Å²) in [5.41, 5.74) is 1.83. The molecule has 7 heteroatoms. The Balaban J connectivity index is 1.40. The fourth-order valence-corrected chi connectivity index (χ4v) is 4.81. The van der Waals surface area contributed by atoms with E-state index in [-0.39, 0.29) is 11.6 Å². The maximum atomic E-state index is 12.5. The molecule has 0 unspecified atom stereocenters. The van der Waals surface area contributed by atoms with E-state index >= 15 is 0 Å². The van der Waals surface area contributed by atoms with Crippen molar-refractivity contribution in [3.8, 4) is 0 Å². The van der Waals surface area contributed by atoms with Gasteiger partial charge in [0.05, 0.1) is 23.3 Å². The molecule has 3 N–H and O–H groups in total. The quantitative estimate of drug-likeness (QED) is 0.732. The summed E-state index contributed by atoms with van der Waals surface area (Å²) < 4.78 is 0.759. The van der Waals surface area contributed by atoms with Crippen LogP contribution in [0.4, 0.5) is 5.69 Å². The highest BCUT2D eigenvalue weighted by Crippen LogP contribution is 2.36. The maximum absolute atomic E-state index is 12.5. The molecule has 2 aromatic rings. The number of carbonyl (C=O) groups excluding carboxylic acids is 1. The number of nitrogens with one attached hydrogen (secondary N) is 3. The number of amides is 1. The second-order valence-corrected chi connectivity index (χ2v) is 8.19. The molecule has 2 atom stereocenters. The molecule has 1 amide bonds. The summed E-state index contributed by atoms with van der Waals surface area (Å²) >= 11 is 3.46. The van der Waals surface area contributed by atoms with Gasteiger partial charge in [0, 0.05) is 11.0 Å². The van der Waals surface area contributed by atoms with Crippen LogP contribution in [-0.2, 0) is 4.79 Å². The van der Waals surface area contributed by atoms with Gasteiger partial charge in [0.25, 0.3) is 0 Å². The molecular weight excluding hydrogens is 384 g/mol. The van der Waals surface area contributed by atoms with Crippen molar-refractivity contribution in [1.82, 2.24) is 14.9 Å². The van der Waals surface area contributed by atoms with E-state index in [1.54, 1.807) is 12.1 Å². The number of hydrogen-bond donors (Lipinski definition) is 3. The van der Waals surface area contributed by atoms with E-state index in [1.807, 2.05) is 0 Å². The molecule has 0 bridgehead atoms. The van der Waals surface area contributed by atoms with Gasteiger partial charge in [-0.2, -0.15) is 0 Å². The van der Waals surface area contributed by atoms with E-state index in [2.05, 4.69) is 36.1 Å². The van der Waals surface area contributed by atoms with Crippen LogP contribution < -0.4 is 11.0 Å². The third kappa shape index (κ3) is 3.67. The topological polar surface area (TPSA) is 81.0 Å². The van der Waals surface area contributed by atoms with Crippen molar-refractivity contribution in [1.29, 1.82) is 0 Å². The number of aromatic amines is 2. The van der Waals surface area contributed by atoms with E-state index in [0.29, 0.717) is 23.3 Å². The molecule has 25 heavy (non-hydrogen) atoms. The predicted octanol–water partition coefficient (Wildman–Crippen LogP) is 3.07. The molecule has 1 saturated carbocycles. The van der Waals surface area contributed by atoms with Crippen LogP contribution in [0.5, 0.6) is 0 Å². The fourth-order valence-electron chi connectivity index (χ4n) is 4.36. The van der Waals surface area contributed by atoms with Crippen LogP contribution in [0, 0.1) is 11.8 Å². The number of halogens is 1. The Bertz CT molecular complexity index is 843. The van der Waals surface area contributed by atoms with E-state index in [0.717, 1.165) is 29.4 Å². The average molecular weight is 407 g/mol. The summed E-state index contributed by atoms with van der Waals surface area (Å²) in [5.74, 6) is 1.63. The smallest absolute Gasteiger partial charge is 0.323 e. The molecule has 4 rings (SSSR count). The van der Waals surface area contributed by atoms with Crippen molar-refractivity contribution >= 4 is 38.6 Å². The van der Waals surface area contributed by atoms with Crippen molar-refractivity contribution in [3.63, 3.8) is 0 Å². The molecule has 1 saturated heterocycles. The van der Waals surface area contributed by atoms with Crippen LogP contribution >= 0.6 is 15.9 Å². The van der Waals surface area contributed by atoms with Gasteiger partial charge < -0.3 is 15.3 Å². The largest absolute Gasteiger partial charge is 0.324 e. The summed E-state index contributed by atoms with van der Waals surface area (Å²) in [4.78, 5) is 31.6. The molecular formula is C18H23BrN4O2. The Labute approximate surface area is 154 Å². The lowest BCUT2D eigenvalue weighted by molar-refractivity contribution is -0.118. The normalized spacial score (nSPS) is 24.2. The first kappa shape index (κ1) is 16.8. The van der Waals surface area contributed by atoms with Crippen molar-refractivity contribution in [2.45, 2.75) is 32.1 Å². The highest BCUT2D eigenvalue weighted by molar-refractivity contribution is 9.10. The number of nitrogens with zero attached hydrogens (tertiary/aromatic N) is 1. The van der Waals surface area contributed by atoms with Gasteiger partial charge in [-0.15, -0.1) is 0 Å². The van der Waals surface area contributed by atoms with Crippen LogP contribution in [0.15, 0.2) is 21.4 Å². The third-order valence-corrected chi connectivity index (χ3v) is 6.28. The molecule has 2 heterocycles. The summed E-state index contributed by atoms with van der Waals surface area (Å²) in [6.45, 7) is 2.49. The zero-order valence-electron chi connectivity index (χ0n) is 14.1. The lowest BCUT2D eigenvalue weighted by Crippen LogP contribution is -2.44. The first-order valence-electron chi connectivity index (χ1n) is 9.02. The zero-order valence-corrected chi connectivity index (χ0v) is 15.7. The Kier molecular flexibility index (Phi) is 4.69. The molecule has 2 fully saturated rings. The fraction of sp³-hybridized carbons (Fsp3) is 0.556. The lowest BCUT2D eigenvalue weighted by Gasteiger charge is -2.41. The average Bonchev–Trinajstić information content (AvgIpc) is 2.94. The number of aromatic nitrogens is 2. The molecule has 1 aromatic heterocycles. The number of benzene rings is 1. The van der Waals surface area contributed by atoms with E-state index in [4.69, 9.17) is 0 Å². The third-order valence-electron chi connectivity index (χ3n) is 5.62. The molecule has 2 aliphatic rings. The van der Waals surface area contributed by atoms with Gasteiger partial charge in [-0.1, -0.05) is 19.3 Å². The second kappa shape index (κ2) is 6.96. The minimum absolute atomic E-state index is 0.00723.